The molecule has 1 unspecified atom stereocenters. The predicted octanol–water partition coefficient (Wildman–Crippen LogP) is 3.99. The molecule has 1 aliphatic carbocycles. The number of urea groups is 1. The van der Waals surface area contributed by atoms with Crippen LogP contribution in [-0.4, -0.2) is 24.0 Å². The van der Waals surface area contributed by atoms with Gasteiger partial charge in [0.2, 0.25) is 0 Å². The van der Waals surface area contributed by atoms with Crippen LogP contribution in [0.4, 0.5) is 4.79 Å². The Bertz CT molecular complexity index is 426. The second-order valence-electron chi connectivity index (χ2n) is 5.27. The zero-order valence-electron chi connectivity index (χ0n) is 11.5. The van der Waals surface area contributed by atoms with Crippen LogP contribution in [0.5, 0.6) is 0 Å². The first-order valence-corrected chi connectivity index (χ1v) is 7.24. The Morgan fingerprint density at radius 3 is 2.47 bits per heavy atom. The van der Waals surface area contributed by atoms with Crippen molar-refractivity contribution in [2.45, 2.75) is 44.7 Å². The Labute approximate surface area is 119 Å². The SMILES string of the molecule is CC(c1ccc(Cl)cc1)N(C)C(=O)NC1CCCC1. The van der Waals surface area contributed by atoms with Gasteiger partial charge in [-0.25, -0.2) is 4.79 Å². The summed E-state index contributed by atoms with van der Waals surface area (Å²) in [7, 11) is 1.84. The average Bonchev–Trinajstić information content (AvgIpc) is 2.90. The molecule has 1 N–H and O–H groups in total. The summed E-state index contributed by atoms with van der Waals surface area (Å²) in [6.45, 7) is 2.03. The first-order valence-electron chi connectivity index (χ1n) is 6.86. The van der Waals surface area contributed by atoms with E-state index in [0.717, 1.165) is 18.4 Å². The molecule has 0 spiro atoms. The maximum atomic E-state index is 12.2. The van der Waals surface area contributed by atoms with Crippen LogP contribution in [-0.2, 0) is 0 Å². The molecule has 1 fully saturated rings. The lowest BCUT2D eigenvalue weighted by Gasteiger charge is -2.27. The van der Waals surface area contributed by atoms with Gasteiger partial charge in [0, 0.05) is 18.1 Å². The van der Waals surface area contributed by atoms with E-state index in [2.05, 4.69) is 5.32 Å². The predicted molar refractivity (Wildman–Crippen MR) is 78.4 cm³/mol. The maximum Gasteiger partial charge on any atom is 0.317 e. The molecular formula is C15H21ClN2O. The smallest absolute Gasteiger partial charge is 0.317 e. The number of carbonyl (C=O) groups excluding carboxylic acids is 1. The topological polar surface area (TPSA) is 32.3 Å². The van der Waals surface area contributed by atoms with Gasteiger partial charge in [-0.05, 0) is 37.5 Å². The van der Waals surface area contributed by atoms with E-state index in [-0.39, 0.29) is 12.1 Å². The Morgan fingerprint density at radius 2 is 1.89 bits per heavy atom. The van der Waals surface area contributed by atoms with Gasteiger partial charge in [0.1, 0.15) is 0 Å². The fourth-order valence-electron chi connectivity index (χ4n) is 2.49. The normalized spacial score (nSPS) is 17.2. The zero-order chi connectivity index (χ0) is 13.8. The molecule has 2 rings (SSSR count). The van der Waals surface area contributed by atoms with Crippen LogP contribution < -0.4 is 5.32 Å². The summed E-state index contributed by atoms with van der Waals surface area (Å²) in [5, 5.41) is 3.82. The van der Waals surface area contributed by atoms with Gasteiger partial charge in [-0.1, -0.05) is 36.6 Å². The lowest BCUT2D eigenvalue weighted by molar-refractivity contribution is 0.190. The number of carbonyl (C=O) groups is 1. The van der Waals surface area contributed by atoms with E-state index in [1.165, 1.54) is 12.8 Å². The number of rotatable bonds is 3. The fourth-order valence-corrected chi connectivity index (χ4v) is 2.61. The number of hydrogen-bond donors (Lipinski definition) is 1. The Hall–Kier alpha value is -1.22. The third-order valence-electron chi connectivity index (χ3n) is 3.94. The van der Waals surface area contributed by atoms with Crippen LogP contribution >= 0.6 is 11.6 Å². The summed E-state index contributed by atoms with van der Waals surface area (Å²) < 4.78 is 0. The monoisotopic (exact) mass is 280 g/mol. The van der Waals surface area contributed by atoms with Gasteiger partial charge < -0.3 is 10.2 Å². The van der Waals surface area contributed by atoms with Gasteiger partial charge in [-0.15, -0.1) is 0 Å². The molecule has 1 aliphatic rings. The second-order valence-corrected chi connectivity index (χ2v) is 5.71. The molecule has 4 heteroatoms. The molecule has 1 saturated carbocycles. The van der Waals surface area contributed by atoms with Crippen molar-refractivity contribution >= 4 is 17.6 Å². The van der Waals surface area contributed by atoms with Crippen molar-refractivity contribution in [2.24, 2.45) is 0 Å². The standard InChI is InChI=1S/C15H21ClN2O/c1-11(12-7-9-13(16)10-8-12)18(2)15(19)17-14-5-3-4-6-14/h7-11,14H,3-6H2,1-2H3,(H,17,19). The van der Waals surface area contributed by atoms with E-state index in [9.17, 15) is 4.79 Å². The molecule has 0 aliphatic heterocycles. The Morgan fingerprint density at radius 1 is 1.32 bits per heavy atom. The largest absolute Gasteiger partial charge is 0.335 e. The Balaban J connectivity index is 1.95. The van der Waals surface area contributed by atoms with Crippen LogP contribution in [0.2, 0.25) is 5.02 Å². The zero-order valence-corrected chi connectivity index (χ0v) is 12.3. The highest BCUT2D eigenvalue weighted by atomic mass is 35.5. The van der Waals surface area contributed by atoms with E-state index in [1.54, 1.807) is 4.90 Å². The molecule has 1 atom stereocenters. The van der Waals surface area contributed by atoms with Crippen molar-refractivity contribution in [2.75, 3.05) is 7.05 Å². The minimum atomic E-state index is 0.00866. The molecule has 0 saturated heterocycles. The highest BCUT2D eigenvalue weighted by Gasteiger charge is 2.22. The third kappa shape index (κ3) is 3.63. The van der Waals surface area contributed by atoms with E-state index in [1.807, 2.05) is 38.2 Å². The molecule has 3 nitrogen and oxygen atoms in total. The number of amides is 2. The maximum absolute atomic E-state index is 12.2. The number of hydrogen-bond acceptors (Lipinski definition) is 1. The molecule has 0 radical (unpaired) electrons. The van der Waals surface area contributed by atoms with Crippen LogP contribution in [0.15, 0.2) is 24.3 Å². The van der Waals surface area contributed by atoms with Gasteiger partial charge in [0.15, 0.2) is 0 Å². The van der Waals surface area contributed by atoms with Crippen LogP contribution in [0, 0.1) is 0 Å². The van der Waals surface area contributed by atoms with Crippen molar-refractivity contribution in [3.63, 3.8) is 0 Å². The van der Waals surface area contributed by atoms with Gasteiger partial charge in [-0.3, -0.25) is 0 Å². The van der Waals surface area contributed by atoms with Crippen molar-refractivity contribution in [1.29, 1.82) is 0 Å². The van der Waals surface area contributed by atoms with Crippen molar-refractivity contribution in [3.05, 3.63) is 34.9 Å². The van der Waals surface area contributed by atoms with Gasteiger partial charge >= 0.3 is 6.03 Å². The summed E-state index contributed by atoms with van der Waals surface area (Å²) >= 11 is 5.88. The lowest BCUT2D eigenvalue weighted by Crippen LogP contribution is -2.43. The molecule has 0 bridgehead atoms. The van der Waals surface area contributed by atoms with Crippen LogP contribution in [0.1, 0.15) is 44.2 Å². The van der Waals surface area contributed by atoms with Crippen molar-refractivity contribution in [3.8, 4) is 0 Å². The quantitative estimate of drug-likeness (QED) is 0.892. The summed E-state index contributed by atoms with van der Waals surface area (Å²) in [4.78, 5) is 13.9. The van der Waals surface area contributed by atoms with Crippen LogP contribution in [0.25, 0.3) is 0 Å². The number of halogens is 1. The first kappa shape index (κ1) is 14.2. The van der Waals surface area contributed by atoms with Gasteiger partial charge in [-0.2, -0.15) is 0 Å². The summed E-state index contributed by atoms with van der Waals surface area (Å²) in [5.74, 6) is 0. The van der Waals surface area contributed by atoms with E-state index in [0.29, 0.717) is 11.1 Å². The number of nitrogens with one attached hydrogen (secondary N) is 1. The molecule has 0 aromatic heterocycles. The molecule has 0 heterocycles. The minimum Gasteiger partial charge on any atom is -0.335 e. The third-order valence-corrected chi connectivity index (χ3v) is 4.19. The molecule has 2 amide bonds. The minimum absolute atomic E-state index is 0.00866. The van der Waals surface area contributed by atoms with E-state index in [4.69, 9.17) is 11.6 Å². The summed E-state index contributed by atoms with van der Waals surface area (Å²) in [6.07, 6.45) is 4.66. The Kier molecular flexibility index (Phi) is 4.70. The average molecular weight is 281 g/mol. The molecule has 19 heavy (non-hydrogen) atoms. The van der Waals surface area contributed by atoms with Crippen LogP contribution in [0.3, 0.4) is 0 Å². The molecule has 1 aromatic rings. The van der Waals surface area contributed by atoms with Crippen molar-refractivity contribution in [1.82, 2.24) is 10.2 Å². The molecule has 1 aromatic carbocycles. The molecule has 104 valence electrons. The van der Waals surface area contributed by atoms with Gasteiger partial charge in [0.25, 0.3) is 0 Å². The number of nitrogens with zero attached hydrogens (tertiary/aromatic N) is 1. The van der Waals surface area contributed by atoms with E-state index < -0.39 is 0 Å². The summed E-state index contributed by atoms with van der Waals surface area (Å²) in [6, 6.07) is 8.05. The highest BCUT2D eigenvalue weighted by Crippen LogP contribution is 2.22. The van der Waals surface area contributed by atoms with E-state index >= 15 is 0 Å². The summed E-state index contributed by atoms with van der Waals surface area (Å²) in [5.41, 5.74) is 1.09. The van der Waals surface area contributed by atoms with Gasteiger partial charge in [0.05, 0.1) is 6.04 Å². The second kappa shape index (κ2) is 6.29. The number of benzene rings is 1. The highest BCUT2D eigenvalue weighted by molar-refractivity contribution is 6.30. The molecular weight excluding hydrogens is 260 g/mol. The first-order chi connectivity index (χ1) is 9.08. The fraction of sp³-hybridized carbons (Fsp3) is 0.533. The van der Waals surface area contributed by atoms with Crippen molar-refractivity contribution < 1.29 is 4.79 Å². The lowest BCUT2D eigenvalue weighted by atomic mass is 10.1.